The molecule has 98 valence electrons. The molecule has 0 saturated heterocycles. The second-order valence-corrected chi connectivity index (χ2v) is 5.90. The molecule has 0 saturated carbocycles. The van der Waals surface area contributed by atoms with Crippen LogP contribution in [0.25, 0.3) is 11.1 Å². The smallest absolute Gasteiger partial charge is 0.00106 e. The summed E-state index contributed by atoms with van der Waals surface area (Å²) in [7, 11) is 0. The van der Waals surface area contributed by atoms with Gasteiger partial charge in [-0.25, -0.2) is 0 Å². The van der Waals surface area contributed by atoms with Gasteiger partial charge in [-0.15, -0.1) is 0 Å². The third kappa shape index (κ3) is 2.32. The molecular formula is C17H18S2. The Morgan fingerprint density at radius 3 is 2.42 bits per heavy atom. The predicted molar refractivity (Wildman–Crippen MR) is 89.8 cm³/mol. The first-order valence-corrected chi connectivity index (χ1v) is 8.05. The maximum absolute atomic E-state index is 4.43. The van der Waals surface area contributed by atoms with Crippen molar-refractivity contribution in [2.45, 2.75) is 19.3 Å². The van der Waals surface area contributed by atoms with Crippen molar-refractivity contribution in [2.75, 3.05) is 11.5 Å². The summed E-state index contributed by atoms with van der Waals surface area (Å²) in [6.45, 7) is 0. The Labute approximate surface area is 126 Å². The first-order valence-electron chi connectivity index (χ1n) is 6.78. The van der Waals surface area contributed by atoms with Crippen LogP contribution in [-0.2, 0) is 19.3 Å². The largest absolute Gasteiger partial charge is 0.179 e. The topological polar surface area (TPSA) is 0 Å². The van der Waals surface area contributed by atoms with Gasteiger partial charge in [0, 0.05) is 0 Å². The third-order valence-electron chi connectivity index (χ3n) is 3.95. The monoisotopic (exact) mass is 286 g/mol. The molecule has 2 aromatic carbocycles. The lowest BCUT2D eigenvalue weighted by Crippen LogP contribution is -2.02. The van der Waals surface area contributed by atoms with Crippen LogP contribution >= 0.6 is 25.3 Å². The van der Waals surface area contributed by atoms with Crippen molar-refractivity contribution in [3.8, 4) is 11.1 Å². The summed E-state index contributed by atoms with van der Waals surface area (Å²) in [5, 5.41) is 0. The summed E-state index contributed by atoms with van der Waals surface area (Å²) >= 11 is 8.81. The molecule has 0 fully saturated rings. The van der Waals surface area contributed by atoms with Crippen LogP contribution in [0.15, 0.2) is 36.4 Å². The van der Waals surface area contributed by atoms with Crippen LogP contribution in [0.5, 0.6) is 0 Å². The number of hydrogen-bond donors (Lipinski definition) is 2. The zero-order chi connectivity index (χ0) is 13.2. The van der Waals surface area contributed by atoms with Crippen LogP contribution < -0.4 is 0 Å². The molecule has 0 aliphatic heterocycles. The molecule has 19 heavy (non-hydrogen) atoms. The van der Waals surface area contributed by atoms with Gasteiger partial charge in [-0.2, -0.15) is 25.3 Å². The molecule has 0 atom stereocenters. The minimum atomic E-state index is 0.908. The quantitative estimate of drug-likeness (QED) is 0.660. The Hall–Kier alpha value is -0.860. The summed E-state index contributed by atoms with van der Waals surface area (Å²) in [6, 6.07) is 13.3. The Morgan fingerprint density at radius 2 is 1.63 bits per heavy atom. The highest BCUT2D eigenvalue weighted by molar-refractivity contribution is 7.80. The molecule has 0 nitrogen and oxygen atoms in total. The van der Waals surface area contributed by atoms with Crippen molar-refractivity contribution in [2.24, 2.45) is 0 Å². The van der Waals surface area contributed by atoms with Crippen LogP contribution in [-0.4, -0.2) is 11.5 Å². The average molecular weight is 286 g/mol. The van der Waals surface area contributed by atoms with Crippen molar-refractivity contribution in [3.63, 3.8) is 0 Å². The van der Waals surface area contributed by atoms with Gasteiger partial charge in [0.1, 0.15) is 0 Å². The maximum atomic E-state index is 4.43. The minimum Gasteiger partial charge on any atom is -0.179 e. The summed E-state index contributed by atoms with van der Waals surface area (Å²) < 4.78 is 0. The van der Waals surface area contributed by atoms with E-state index in [1.54, 1.807) is 0 Å². The highest BCUT2D eigenvalue weighted by Gasteiger charge is 2.21. The number of benzene rings is 2. The molecule has 0 unspecified atom stereocenters. The van der Waals surface area contributed by atoms with E-state index in [0.29, 0.717) is 0 Å². The van der Waals surface area contributed by atoms with E-state index < -0.39 is 0 Å². The molecule has 0 N–H and O–H groups in total. The van der Waals surface area contributed by atoms with Gasteiger partial charge in [-0.3, -0.25) is 0 Å². The van der Waals surface area contributed by atoms with Crippen molar-refractivity contribution < 1.29 is 0 Å². The number of rotatable bonds is 4. The van der Waals surface area contributed by atoms with Gasteiger partial charge in [-0.05, 0) is 64.1 Å². The average Bonchev–Trinajstić information content (AvgIpc) is 2.81. The first-order chi connectivity index (χ1) is 9.35. The standard InChI is InChI=1S/C17H18S2/c18-9-7-12-5-6-16-14-4-2-1-3-13(14)11-17(16)15(12)8-10-19/h1-6,18-19H,7-11H2. The normalized spacial score (nSPS) is 12.3. The van der Waals surface area contributed by atoms with Crippen molar-refractivity contribution >= 4 is 25.3 Å². The lowest BCUT2D eigenvalue weighted by atomic mass is 9.93. The van der Waals surface area contributed by atoms with Gasteiger partial charge >= 0.3 is 0 Å². The molecule has 2 aromatic rings. The van der Waals surface area contributed by atoms with Crippen molar-refractivity contribution in [1.29, 1.82) is 0 Å². The molecular weight excluding hydrogens is 268 g/mol. The molecule has 0 radical (unpaired) electrons. The van der Waals surface area contributed by atoms with E-state index in [2.05, 4.69) is 61.7 Å². The van der Waals surface area contributed by atoms with E-state index >= 15 is 0 Å². The van der Waals surface area contributed by atoms with E-state index in [1.165, 1.54) is 33.4 Å². The fraction of sp³-hybridized carbons (Fsp3) is 0.294. The highest BCUT2D eigenvalue weighted by atomic mass is 32.1. The van der Waals surface area contributed by atoms with Gasteiger partial charge < -0.3 is 0 Å². The van der Waals surface area contributed by atoms with Crippen LogP contribution in [0.4, 0.5) is 0 Å². The number of fused-ring (bicyclic) bond motifs is 3. The third-order valence-corrected chi connectivity index (χ3v) is 4.39. The summed E-state index contributed by atoms with van der Waals surface area (Å²) in [6.07, 6.45) is 3.19. The molecule has 3 rings (SSSR count). The van der Waals surface area contributed by atoms with Crippen LogP contribution in [0.1, 0.15) is 22.3 Å². The van der Waals surface area contributed by atoms with Gasteiger partial charge in [0.25, 0.3) is 0 Å². The van der Waals surface area contributed by atoms with Gasteiger partial charge in [0.15, 0.2) is 0 Å². The van der Waals surface area contributed by atoms with E-state index in [1.807, 2.05) is 0 Å². The Balaban J connectivity index is 2.13. The van der Waals surface area contributed by atoms with Crippen LogP contribution in [0.2, 0.25) is 0 Å². The van der Waals surface area contributed by atoms with E-state index in [-0.39, 0.29) is 0 Å². The molecule has 2 heteroatoms. The van der Waals surface area contributed by atoms with Gasteiger partial charge in [0.05, 0.1) is 0 Å². The molecule has 0 spiro atoms. The minimum absolute atomic E-state index is 0.908. The zero-order valence-corrected chi connectivity index (χ0v) is 12.7. The highest BCUT2D eigenvalue weighted by Crippen LogP contribution is 2.39. The molecule has 0 bridgehead atoms. The number of hydrogen-bond acceptors (Lipinski definition) is 2. The van der Waals surface area contributed by atoms with Crippen LogP contribution in [0, 0.1) is 0 Å². The maximum Gasteiger partial charge on any atom is -0.00106 e. The van der Waals surface area contributed by atoms with E-state index in [4.69, 9.17) is 0 Å². The Kier molecular flexibility index (Phi) is 3.90. The molecule has 1 aliphatic rings. The summed E-state index contributed by atoms with van der Waals surface area (Å²) in [4.78, 5) is 0. The molecule has 1 aliphatic carbocycles. The number of aryl methyl sites for hydroxylation is 1. The lowest BCUT2D eigenvalue weighted by molar-refractivity contribution is 1.02. The lowest BCUT2D eigenvalue weighted by Gasteiger charge is -2.13. The van der Waals surface area contributed by atoms with Crippen molar-refractivity contribution in [1.82, 2.24) is 0 Å². The van der Waals surface area contributed by atoms with Crippen molar-refractivity contribution in [3.05, 3.63) is 58.7 Å². The fourth-order valence-corrected chi connectivity index (χ4v) is 3.57. The second kappa shape index (κ2) is 5.64. The van der Waals surface area contributed by atoms with E-state index in [0.717, 1.165) is 30.8 Å². The fourth-order valence-electron chi connectivity index (χ4n) is 3.10. The summed E-state index contributed by atoms with van der Waals surface area (Å²) in [5.74, 6) is 1.82. The van der Waals surface area contributed by atoms with E-state index in [9.17, 15) is 0 Å². The Morgan fingerprint density at radius 1 is 0.842 bits per heavy atom. The van der Waals surface area contributed by atoms with Crippen LogP contribution in [0.3, 0.4) is 0 Å². The van der Waals surface area contributed by atoms with Gasteiger partial charge in [-0.1, -0.05) is 36.4 Å². The van der Waals surface area contributed by atoms with Gasteiger partial charge in [0.2, 0.25) is 0 Å². The zero-order valence-electron chi connectivity index (χ0n) is 10.9. The molecule has 0 amide bonds. The Bertz CT molecular complexity index is 602. The number of thiol groups is 2. The molecule has 0 aromatic heterocycles. The predicted octanol–water partition coefficient (Wildman–Crippen LogP) is 4.20. The molecule has 0 heterocycles. The SMILES string of the molecule is SCCc1ccc2c(c1CCS)Cc1ccccc1-2. The summed E-state index contributed by atoms with van der Waals surface area (Å²) in [5.41, 5.74) is 8.79. The first kappa shape index (κ1) is 13.1. The second-order valence-electron chi connectivity index (χ2n) is 5.01.